The number of benzene rings is 1. The third-order valence-electron chi connectivity index (χ3n) is 8.57. The summed E-state index contributed by atoms with van der Waals surface area (Å²) < 4.78 is 5.44. The predicted octanol–water partition coefficient (Wildman–Crippen LogP) is 1.39. The van der Waals surface area contributed by atoms with Crippen molar-refractivity contribution >= 4 is 34.1 Å². The van der Waals surface area contributed by atoms with Crippen LogP contribution >= 0.6 is 11.3 Å². The number of hydrogen-bond donors (Lipinski definition) is 2. The van der Waals surface area contributed by atoms with Crippen molar-refractivity contribution in [3.63, 3.8) is 0 Å². The summed E-state index contributed by atoms with van der Waals surface area (Å²) in [4.78, 5) is 50.3. The predicted molar refractivity (Wildman–Crippen MR) is 147 cm³/mol. The number of ketones is 1. The molecule has 10 nitrogen and oxygen atoms in total. The lowest BCUT2D eigenvalue weighted by molar-refractivity contribution is -0.139. The first kappa shape index (κ1) is 26.4. The lowest BCUT2D eigenvalue weighted by Gasteiger charge is -2.32. The maximum Gasteiger partial charge on any atom is 0.251 e. The van der Waals surface area contributed by atoms with Crippen molar-refractivity contribution in [2.45, 2.75) is 50.0 Å². The Bertz CT molecular complexity index is 1220. The summed E-state index contributed by atoms with van der Waals surface area (Å²) in [6, 6.07) is 5.78. The van der Waals surface area contributed by atoms with Gasteiger partial charge < -0.3 is 29.9 Å². The Labute approximate surface area is 231 Å². The van der Waals surface area contributed by atoms with Crippen LogP contribution in [0.2, 0.25) is 0 Å². The standard InChI is InChI=1S/C28H35N5O5S/c1-31-10-12-32(13-11-31)28-29-20(16-39-28)17-6-8-19(9-7-17)26(36)30-23(18-4-2-3-5-18)27(37)33-14-21(34)25-24(33)22(35)15-38-25/h6-9,16,18,21,23-25,34H,2-5,10-15H2,1H3,(H,30,36)/t21-,23-,24+,25-/m0/s1. The quantitative estimate of drug-likeness (QED) is 0.552. The molecule has 1 aromatic carbocycles. The molecule has 4 atom stereocenters. The molecular formula is C28H35N5O5S. The van der Waals surface area contributed by atoms with Crippen LogP contribution in [0.3, 0.4) is 0 Å². The number of fused-ring (bicyclic) bond motifs is 1. The van der Waals surface area contributed by atoms with Crippen LogP contribution in [0.5, 0.6) is 0 Å². The molecule has 0 unspecified atom stereocenters. The number of hydrogen-bond acceptors (Lipinski definition) is 9. The fourth-order valence-electron chi connectivity index (χ4n) is 6.26. The highest BCUT2D eigenvalue weighted by Crippen LogP contribution is 2.33. The molecule has 208 valence electrons. The summed E-state index contributed by atoms with van der Waals surface area (Å²) >= 11 is 1.63. The normalized spacial score (nSPS) is 26.7. The largest absolute Gasteiger partial charge is 0.388 e. The molecular weight excluding hydrogens is 518 g/mol. The minimum atomic E-state index is -0.902. The van der Waals surface area contributed by atoms with Crippen molar-refractivity contribution in [1.82, 2.24) is 20.1 Å². The lowest BCUT2D eigenvalue weighted by atomic mass is 9.95. The molecule has 0 radical (unpaired) electrons. The minimum Gasteiger partial charge on any atom is -0.388 e. The summed E-state index contributed by atoms with van der Waals surface area (Å²) in [5, 5.41) is 16.4. The van der Waals surface area contributed by atoms with E-state index in [0.29, 0.717) is 5.56 Å². The molecule has 3 saturated heterocycles. The highest BCUT2D eigenvalue weighted by molar-refractivity contribution is 7.14. The monoisotopic (exact) mass is 553 g/mol. The Balaban J connectivity index is 1.15. The van der Waals surface area contributed by atoms with Crippen molar-refractivity contribution in [3.8, 4) is 11.3 Å². The van der Waals surface area contributed by atoms with Gasteiger partial charge in [0.05, 0.1) is 12.2 Å². The lowest BCUT2D eigenvalue weighted by Crippen LogP contribution is -2.54. The molecule has 2 aromatic rings. The summed E-state index contributed by atoms with van der Waals surface area (Å²) in [5.41, 5.74) is 2.28. The Morgan fingerprint density at radius 2 is 1.85 bits per heavy atom. The molecule has 4 aliphatic rings. The van der Waals surface area contributed by atoms with Crippen molar-refractivity contribution < 1.29 is 24.2 Å². The first-order valence-electron chi connectivity index (χ1n) is 13.8. The van der Waals surface area contributed by atoms with Crippen LogP contribution in [-0.2, 0) is 14.3 Å². The van der Waals surface area contributed by atoms with E-state index >= 15 is 0 Å². The average Bonchev–Trinajstić information content (AvgIpc) is 3.75. The van der Waals surface area contributed by atoms with Crippen LogP contribution in [-0.4, -0.2) is 108 Å². The van der Waals surface area contributed by atoms with Crippen molar-refractivity contribution in [1.29, 1.82) is 0 Å². The molecule has 0 bridgehead atoms. The maximum atomic E-state index is 13.7. The van der Waals surface area contributed by atoms with Gasteiger partial charge in [0, 0.05) is 42.7 Å². The second-order valence-electron chi connectivity index (χ2n) is 11.1. The number of carbonyl (C=O) groups excluding carboxylic acids is 3. The van der Waals surface area contributed by atoms with Gasteiger partial charge in [-0.15, -0.1) is 11.3 Å². The zero-order valence-corrected chi connectivity index (χ0v) is 22.9. The van der Waals surface area contributed by atoms with E-state index in [2.05, 4.69) is 22.2 Å². The topological polar surface area (TPSA) is 115 Å². The number of ether oxygens (including phenoxy) is 1. The number of rotatable bonds is 6. The highest BCUT2D eigenvalue weighted by atomic mass is 32.1. The van der Waals surface area contributed by atoms with E-state index in [-0.39, 0.29) is 36.7 Å². The van der Waals surface area contributed by atoms with Crippen LogP contribution < -0.4 is 10.2 Å². The minimum absolute atomic E-state index is 0.00246. The smallest absolute Gasteiger partial charge is 0.251 e. The number of piperazine rings is 1. The molecule has 2 amide bonds. The van der Waals surface area contributed by atoms with E-state index in [1.54, 1.807) is 23.5 Å². The fourth-order valence-corrected chi connectivity index (χ4v) is 7.15. The van der Waals surface area contributed by atoms with Gasteiger partial charge in [-0.3, -0.25) is 14.4 Å². The Hall–Kier alpha value is -2.86. The molecule has 1 aliphatic carbocycles. The number of nitrogens with zero attached hydrogens (tertiary/aromatic N) is 4. The van der Waals surface area contributed by atoms with Gasteiger partial charge in [0.2, 0.25) is 5.91 Å². The molecule has 0 spiro atoms. The van der Waals surface area contributed by atoms with Gasteiger partial charge in [0.15, 0.2) is 10.9 Å². The summed E-state index contributed by atoms with van der Waals surface area (Å²) in [6.45, 7) is 3.90. The number of thiazole rings is 1. The van der Waals surface area contributed by atoms with E-state index in [0.717, 1.165) is 68.3 Å². The second kappa shape index (κ2) is 11.0. The van der Waals surface area contributed by atoms with Gasteiger partial charge in [0.25, 0.3) is 5.91 Å². The van der Waals surface area contributed by atoms with E-state index in [9.17, 15) is 19.5 Å². The summed E-state index contributed by atoms with van der Waals surface area (Å²) in [5.74, 6) is -0.836. The third kappa shape index (κ3) is 5.20. The number of carbonyl (C=O) groups is 3. The number of Topliss-reactive ketones (excluding diaryl/α,β-unsaturated/α-hetero) is 1. The number of aromatic nitrogens is 1. The number of nitrogens with one attached hydrogen (secondary N) is 1. The Morgan fingerprint density at radius 1 is 1.13 bits per heavy atom. The van der Waals surface area contributed by atoms with Crippen LogP contribution in [0.1, 0.15) is 36.0 Å². The van der Waals surface area contributed by atoms with Crippen molar-refractivity contribution in [3.05, 3.63) is 35.2 Å². The van der Waals surface area contributed by atoms with Crippen LogP contribution in [0.4, 0.5) is 5.13 Å². The number of aliphatic hydroxyl groups is 1. The van der Waals surface area contributed by atoms with Crippen molar-refractivity contribution in [2.75, 3.05) is 51.3 Å². The number of amides is 2. The van der Waals surface area contributed by atoms with Crippen LogP contribution in [0, 0.1) is 5.92 Å². The molecule has 39 heavy (non-hydrogen) atoms. The van der Waals surface area contributed by atoms with E-state index in [1.165, 1.54) is 4.90 Å². The third-order valence-corrected chi connectivity index (χ3v) is 9.47. The molecule has 4 fully saturated rings. The first-order valence-corrected chi connectivity index (χ1v) is 14.7. The highest BCUT2D eigenvalue weighted by Gasteiger charge is 2.53. The van der Waals surface area contributed by atoms with Crippen LogP contribution in [0.25, 0.3) is 11.3 Å². The average molecular weight is 554 g/mol. The van der Waals surface area contributed by atoms with Crippen molar-refractivity contribution in [2.24, 2.45) is 5.92 Å². The molecule has 1 aromatic heterocycles. The van der Waals surface area contributed by atoms with Gasteiger partial charge in [0.1, 0.15) is 30.9 Å². The Kier molecular flexibility index (Phi) is 7.41. The SMILES string of the molecule is CN1CCN(c2nc(-c3ccc(C(=O)N[C@H](C(=O)N4C[C@H](O)[C@@H]5OCC(=O)[C@H]54)C4CCCC4)cc3)cs2)CC1. The van der Waals surface area contributed by atoms with E-state index in [4.69, 9.17) is 9.72 Å². The number of anilines is 1. The van der Waals surface area contributed by atoms with Gasteiger partial charge in [-0.1, -0.05) is 25.0 Å². The fraction of sp³-hybridized carbons (Fsp3) is 0.571. The van der Waals surface area contributed by atoms with Gasteiger partial charge >= 0.3 is 0 Å². The molecule has 3 aliphatic heterocycles. The van der Waals surface area contributed by atoms with Crippen LogP contribution in [0.15, 0.2) is 29.6 Å². The zero-order chi connectivity index (χ0) is 27.1. The van der Waals surface area contributed by atoms with E-state index < -0.39 is 24.3 Å². The Morgan fingerprint density at radius 3 is 2.56 bits per heavy atom. The second-order valence-corrected chi connectivity index (χ2v) is 12.0. The number of likely N-dealkylation sites (N-methyl/N-ethyl adjacent to an activating group) is 1. The maximum absolute atomic E-state index is 13.7. The zero-order valence-electron chi connectivity index (χ0n) is 22.1. The van der Waals surface area contributed by atoms with Gasteiger partial charge in [-0.2, -0.15) is 0 Å². The summed E-state index contributed by atoms with van der Waals surface area (Å²) in [7, 11) is 2.13. The molecule has 2 N–H and O–H groups in total. The molecule has 1 saturated carbocycles. The summed E-state index contributed by atoms with van der Waals surface area (Å²) in [6.07, 6.45) is 2.09. The van der Waals surface area contributed by atoms with E-state index in [1.807, 2.05) is 17.5 Å². The first-order chi connectivity index (χ1) is 18.9. The molecule has 4 heterocycles. The van der Waals surface area contributed by atoms with Gasteiger partial charge in [-0.05, 0) is 37.9 Å². The number of β-amino-alcohol motifs (C(OH)–C–C–N with tert-alkyl or cyclic N) is 1. The van der Waals surface area contributed by atoms with Gasteiger partial charge in [-0.25, -0.2) is 4.98 Å². The number of aliphatic hydroxyl groups excluding tert-OH is 1. The molecule has 6 rings (SSSR count). The number of likely N-dealkylation sites (tertiary alicyclic amines) is 1. The molecule has 11 heteroatoms.